The number of halogens is 2. The van der Waals surface area contributed by atoms with E-state index in [1.807, 2.05) is 0 Å². The zero-order valence-corrected chi connectivity index (χ0v) is 11.3. The van der Waals surface area contributed by atoms with Crippen molar-refractivity contribution in [3.63, 3.8) is 0 Å². The Kier molecular flexibility index (Phi) is 4.21. The van der Waals surface area contributed by atoms with Crippen LogP contribution < -0.4 is 0 Å². The summed E-state index contributed by atoms with van der Waals surface area (Å²) in [5.74, 6) is -2.37. The molecule has 0 aromatic rings. The predicted molar refractivity (Wildman–Crippen MR) is 66.9 cm³/mol. The first-order chi connectivity index (χ1) is 8.89. The molecular formula is C14H21F2NO2. The maximum atomic E-state index is 13.0. The highest BCUT2D eigenvalue weighted by molar-refractivity contribution is 5.81. The number of carbonyl (C=O) groups excluding carboxylic acids is 2. The van der Waals surface area contributed by atoms with Gasteiger partial charge in [0.2, 0.25) is 5.91 Å². The van der Waals surface area contributed by atoms with Gasteiger partial charge in [-0.3, -0.25) is 9.59 Å². The van der Waals surface area contributed by atoms with Crippen LogP contribution in [0.15, 0.2) is 0 Å². The second-order valence-corrected chi connectivity index (χ2v) is 5.84. The van der Waals surface area contributed by atoms with E-state index in [4.69, 9.17) is 0 Å². The van der Waals surface area contributed by atoms with Gasteiger partial charge >= 0.3 is 0 Å². The summed E-state index contributed by atoms with van der Waals surface area (Å²) in [6, 6.07) is 0. The van der Waals surface area contributed by atoms with Crippen molar-refractivity contribution in [1.82, 2.24) is 4.90 Å². The minimum atomic E-state index is -2.61. The van der Waals surface area contributed by atoms with Gasteiger partial charge in [-0.15, -0.1) is 0 Å². The molecule has 3 nitrogen and oxygen atoms in total. The first-order valence-electron chi connectivity index (χ1n) is 7.06. The van der Waals surface area contributed by atoms with E-state index in [-0.39, 0.29) is 49.5 Å². The molecule has 1 heterocycles. The van der Waals surface area contributed by atoms with Crippen LogP contribution in [0.25, 0.3) is 0 Å². The Morgan fingerprint density at radius 3 is 1.95 bits per heavy atom. The Labute approximate surface area is 112 Å². The van der Waals surface area contributed by atoms with Crippen molar-refractivity contribution in [1.29, 1.82) is 0 Å². The van der Waals surface area contributed by atoms with E-state index in [0.29, 0.717) is 0 Å². The van der Waals surface area contributed by atoms with Crippen molar-refractivity contribution in [3.05, 3.63) is 0 Å². The smallest absolute Gasteiger partial charge is 0.251 e. The van der Waals surface area contributed by atoms with Gasteiger partial charge in [0.05, 0.1) is 0 Å². The molecule has 1 saturated heterocycles. The maximum Gasteiger partial charge on any atom is 0.251 e. The zero-order valence-electron chi connectivity index (χ0n) is 11.3. The molecule has 2 rings (SSSR count). The minimum Gasteiger partial charge on any atom is -0.342 e. The van der Waals surface area contributed by atoms with Gasteiger partial charge in [0.15, 0.2) is 0 Å². The van der Waals surface area contributed by atoms with Crippen molar-refractivity contribution >= 4 is 11.7 Å². The van der Waals surface area contributed by atoms with Crippen LogP contribution in [0.1, 0.15) is 45.4 Å². The first-order valence-corrected chi connectivity index (χ1v) is 7.06. The molecule has 0 radical (unpaired) electrons. The maximum absolute atomic E-state index is 13.0. The van der Waals surface area contributed by atoms with Gasteiger partial charge in [0.1, 0.15) is 5.78 Å². The second kappa shape index (κ2) is 5.55. The molecule has 1 aliphatic carbocycles. The first kappa shape index (κ1) is 14.4. The molecule has 0 N–H and O–H groups in total. The van der Waals surface area contributed by atoms with Crippen molar-refractivity contribution in [2.24, 2.45) is 11.8 Å². The molecule has 0 unspecified atom stereocenters. The lowest BCUT2D eigenvalue weighted by molar-refractivity contribution is -0.143. The van der Waals surface area contributed by atoms with Gasteiger partial charge in [0.25, 0.3) is 5.92 Å². The molecule has 0 aromatic carbocycles. The summed E-state index contributed by atoms with van der Waals surface area (Å²) in [5.41, 5.74) is 0. The van der Waals surface area contributed by atoms with E-state index in [1.165, 1.54) is 0 Å². The van der Waals surface area contributed by atoms with Crippen LogP contribution in [0.5, 0.6) is 0 Å². The van der Waals surface area contributed by atoms with Gasteiger partial charge in [0, 0.05) is 37.8 Å². The number of likely N-dealkylation sites (tertiary alicyclic amines) is 1. The van der Waals surface area contributed by atoms with Crippen LogP contribution in [-0.2, 0) is 9.59 Å². The van der Waals surface area contributed by atoms with Crippen LogP contribution in [0.4, 0.5) is 8.78 Å². The standard InChI is InChI=1S/C14H21F2NO2/c1-10(18)11-2-4-12(5-3-11)13(19)17-8-6-14(15,16)7-9-17/h11-12H,2-9H2,1H3. The topological polar surface area (TPSA) is 37.4 Å². The van der Waals surface area contributed by atoms with Crippen LogP contribution in [0, 0.1) is 11.8 Å². The Morgan fingerprint density at radius 2 is 1.47 bits per heavy atom. The number of rotatable bonds is 2. The summed E-state index contributed by atoms with van der Waals surface area (Å²) in [6.45, 7) is 1.93. The quantitative estimate of drug-likeness (QED) is 0.775. The minimum absolute atomic E-state index is 0.0116. The molecule has 0 aromatic heterocycles. The van der Waals surface area contributed by atoms with E-state index in [9.17, 15) is 18.4 Å². The molecule has 2 aliphatic rings. The molecule has 2 fully saturated rings. The Balaban J connectivity index is 1.83. The van der Waals surface area contributed by atoms with Crippen LogP contribution >= 0.6 is 0 Å². The fourth-order valence-electron chi connectivity index (χ4n) is 3.06. The summed E-state index contributed by atoms with van der Waals surface area (Å²) < 4.78 is 26.1. The normalized spacial score (nSPS) is 31.0. The molecule has 1 amide bonds. The lowest BCUT2D eigenvalue weighted by atomic mass is 9.79. The summed E-state index contributed by atoms with van der Waals surface area (Å²) in [6.07, 6.45) is 2.51. The van der Waals surface area contributed by atoms with Crippen LogP contribution in [0.3, 0.4) is 0 Å². The van der Waals surface area contributed by atoms with Gasteiger partial charge in [-0.1, -0.05) is 0 Å². The summed E-state index contributed by atoms with van der Waals surface area (Å²) in [7, 11) is 0. The molecule has 0 atom stereocenters. The van der Waals surface area contributed by atoms with Crippen molar-refractivity contribution < 1.29 is 18.4 Å². The second-order valence-electron chi connectivity index (χ2n) is 5.84. The molecule has 0 bridgehead atoms. The highest BCUT2D eigenvalue weighted by Crippen LogP contribution is 2.33. The largest absolute Gasteiger partial charge is 0.342 e. The molecule has 19 heavy (non-hydrogen) atoms. The van der Waals surface area contributed by atoms with E-state index in [2.05, 4.69) is 0 Å². The average molecular weight is 273 g/mol. The van der Waals surface area contributed by atoms with E-state index < -0.39 is 5.92 Å². The fourth-order valence-corrected chi connectivity index (χ4v) is 3.06. The molecule has 1 aliphatic heterocycles. The van der Waals surface area contributed by atoms with Crippen molar-refractivity contribution in [3.8, 4) is 0 Å². The molecule has 108 valence electrons. The van der Waals surface area contributed by atoms with Crippen molar-refractivity contribution in [2.75, 3.05) is 13.1 Å². The average Bonchev–Trinajstić information content (AvgIpc) is 2.38. The third-order valence-electron chi connectivity index (χ3n) is 4.46. The number of ketones is 1. The Bertz CT molecular complexity index is 352. The Hall–Kier alpha value is -1.00. The third-order valence-corrected chi connectivity index (χ3v) is 4.46. The highest BCUT2D eigenvalue weighted by Gasteiger charge is 2.38. The third kappa shape index (κ3) is 3.51. The number of hydrogen-bond donors (Lipinski definition) is 0. The predicted octanol–water partition coefficient (Wildman–Crippen LogP) is 2.64. The van der Waals surface area contributed by atoms with Crippen molar-refractivity contribution in [2.45, 2.75) is 51.4 Å². The summed E-state index contributed by atoms with van der Waals surface area (Å²) in [5, 5.41) is 0. The number of alkyl halides is 2. The van der Waals surface area contributed by atoms with Crippen LogP contribution in [0.2, 0.25) is 0 Å². The highest BCUT2D eigenvalue weighted by atomic mass is 19.3. The number of carbonyl (C=O) groups is 2. The van der Waals surface area contributed by atoms with Gasteiger partial charge in [-0.25, -0.2) is 8.78 Å². The Morgan fingerprint density at radius 1 is 1.00 bits per heavy atom. The molecule has 5 heteroatoms. The number of piperidine rings is 1. The zero-order chi connectivity index (χ0) is 14.0. The summed E-state index contributed by atoms with van der Waals surface area (Å²) >= 11 is 0. The van der Waals surface area contributed by atoms with E-state index >= 15 is 0 Å². The molecule has 0 spiro atoms. The van der Waals surface area contributed by atoms with Gasteiger partial charge < -0.3 is 4.90 Å². The molecular weight excluding hydrogens is 252 g/mol. The monoisotopic (exact) mass is 273 g/mol. The summed E-state index contributed by atoms with van der Waals surface area (Å²) in [4.78, 5) is 25.1. The SMILES string of the molecule is CC(=O)C1CCC(C(=O)N2CCC(F)(F)CC2)CC1. The van der Waals surface area contributed by atoms with Gasteiger partial charge in [-0.2, -0.15) is 0 Å². The number of hydrogen-bond acceptors (Lipinski definition) is 2. The fraction of sp³-hybridized carbons (Fsp3) is 0.857. The number of amides is 1. The molecule has 1 saturated carbocycles. The van der Waals surface area contributed by atoms with E-state index in [0.717, 1.165) is 25.7 Å². The van der Waals surface area contributed by atoms with Crippen LogP contribution in [-0.4, -0.2) is 35.6 Å². The lowest BCUT2D eigenvalue weighted by Crippen LogP contribution is -2.45. The lowest BCUT2D eigenvalue weighted by Gasteiger charge is -2.35. The number of nitrogens with zero attached hydrogens (tertiary/aromatic N) is 1. The number of Topliss-reactive ketones (excluding diaryl/α,β-unsaturated/α-hetero) is 1. The van der Waals surface area contributed by atoms with Gasteiger partial charge in [-0.05, 0) is 32.6 Å². The van der Waals surface area contributed by atoms with E-state index in [1.54, 1.807) is 11.8 Å².